The third kappa shape index (κ3) is 1.57. The third-order valence-electron chi connectivity index (χ3n) is 1.93. The molecule has 3 nitrogen and oxygen atoms in total. The second-order valence-corrected chi connectivity index (χ2v) is 3.36. The number of methoxy groups -OCH3 is 1. The molecule has 0 aliphatic carbocycles. The van der Waals surface area contributed by atoms with E-state index in [2.05, 4.69) is 25.9 Å². The molecule has 0 spiro atoms. The molecule has 14 heavy (non-hydrogen) atoms. The van der Waals surface area contributed by atoms with Gasteiger partial charge in [-0.15, -0.1) is 0 Å². The van der Waals surface area contributed by atoms with Gasteiger partial charge < -0.3 is 4.74 Å². The van der Waals surface area contributed by atoms with Gasteiger partial charge in [-0.05, 0) is 12.1 Å². The molecule has 0 amide bonds. The second-order valence-electron chi connectivity index (χ2n) is 2.80. The largest absolute Gasteiger partial charge is 0.480 e. The molecule has 0 aliphatic rings. The molecule has 2 aromatic rings. The van der Waals surface area contributed by atoms with Gasteiger partial charge in [0.05, 0.1) is 23.3 Å². The summed E-state index contributed by atoms with van der Waals surface area (Å²) in [6, 6.07) is 7.80. The Balaban J connectivity index is 2.73. The van der Waals surface area contributed by atoms with Crippen molar-refractivity contribution in [2.45, 2.75) is 5.33 Å². The molecular formula is C10H9BrN2O. The Hall–Kier alpha value is -1.16. The van der Waals surface area contributed by atoms with Gasteiger partial charge in [0.25, 0.3) is 0 Å². The van der Waals surface area contributed by atoms with Gasteiger partial charge in [0.15, 0.2) is 0 Å². The van der Waals surface area contributed by atoms with Crippen molar-refractivity contribution in [3.63, 3.8) is 0 Å². The Morgan fingerprint density at radius 3 is 2.79 bits per heavy atom. The van der Waals surface area contributed by atoms with Crippen LogP contribution in [0.1, 0.15) is 5.82 Å². The van der Waals surface area contributed by atoms with Crippen LogP contribution in [0, 0.1) is 0 Å². The SMILES string of the molecule is COc1nc(CBr)nc2ccccc12. The Labute approximate surface area is 90.3 Å². The van der Waals surface area contributed by atoms with Crippen molar-refractivity contribution in [1.82, 2.24) is 9.97 Å². The molecule has 0 unspecified atom stereocenters. The van der Waals surface area contributed by atoms with Crippen molar-refractivity contribution >= 4 is 26.8 Å². The first kappa shape index (κ1) is 9.40. The lowest BCUT2D eigenvalue weighted by Crippen LogP contribution is -1.96. The fourth-order valence-electron chi connectivity index (χ4n) is 1.31. The number of alkyl halides is 1. The first-order valence-electron chi connectivity index (χ1n) is 4.20. The summed E-state index contributed by atoms with van der Waals surface area (Å²) in [5, 5.41) is 1.58. The van der Waals surface area contributed by atoms with E-state index in [1.54, 1.807) is 7.11 Å². The van der Waals surface area contributed by atoms with Crippen LogP contribution < -0.4 is 4.74 Å². The first-order chi connectivity index (χ1) is 6.85. The minimum Gasteiger partial charge on any atom is -0.480 e. The van der Waals surface area contributed by atoms with E-state index in [0.29, 0.717) is 11.2 Å². The van der Waals surface area contributed by atoms with Gasteiger partial charge in [-0.25, -0.2) is 4.98 Å². The molecule has 1 aromatic heterocycles. The summed E-state index contributed by atoms with van der Waals surface area (Å²) in [6.45, 7) is 0. The van der Waals surface area contributed by atoms with Crippen molar-refractivity contribution in [3.8, 4) is 5.88 Å². The molecule has 0 aliphatic heterocycles. The monoisotopic (exact) mass is 252 g/mol. The van der Waals surface area contributed by atoms with E-state index in [-0.39, 0.29) is 0 Å². The zero-order valence-corrected chi connectivity index (χ0v) is 9.28. The molecule has 0 saturated carbocycles. The second kappa shape index (κ2) is 3.92. The van der Waals surface area contributed by atoms with E-state index in [1.807, 2.05) is 24.3 Å². The highest BCUT2D eigenvalue weighted by atomic mass is 79.9. The molecular weight excluding hydrogens is 244 g/mol. The quantitative estimate of drug-likeness (QED) is 0.771. The van der Waals surface area contributed by atoms with Crippen LogP contribution in [-0.2, 0) is 5.33 Å². The summed E-state index contributed by atoms with van der Waals surface area (Å²) in [7, 11) is 1.62. The van der Waals surface area contributed by atoms with Gasteiger partial charge in [0.2, 0.25) is 5.88 Å². The normalized spacial score (nSPS) is 10.4. The van der Waals surface area contributed by atoms with Crippen molar-refractivity contribution in [3.05, 3.63) is 30.1 Å². The summed E-state index contributed by atoms with van der Waals surface area (Å²) >= 11 is 3.33. The Bertz CT molecular complexity index is 459. The summed E-state index contributed by atoms with van der Waals surface area (Å²) < 4.78 is 5.20. The van der Waals surface area contributed by atoms with E-state index in [1.165, 1.54) is 0 Å². The zero-order chi connectivity index (χ0) is 9.97. The molecule has 1 heterocycles. The van der Waals surface area contributed by atoms with Gasteiger partial charge >= 0.3 is 0 Å². The van der Waals surface area contributed by atoms with Crippen LogP contribution in [0.25, 0.3) is 10.9 Å². The van der Waals surface area contributed by atoms with E-state index in [9.17, 15) is 0 Å². The van der Waals surface area contributed by atoms with Crippen LogP contribution in [0.2, 0.25) is 0 Å². The number of nitrogens with zero attached hydrogens (tertiary/aromatic N) is 2. The van der Waals surface area contributed by atoms with Crippen LogP contribution in [-0.4, -0.2) is 17.1 Å². The fourth-order valence-corrected chi connectivity index (χ4v) is 1.56. The van der Waals surface area contributed by atoms with Crippen LogP contribution >= 0.6 is 15.9 Å². The number of aromatic nitrogens is 2. The van der Waals surface area contributed by atoms with Crippen LogP contribution in [0.5, 0.6) is 5.88 Å². The van der Waals surface area contributed by atoms with Crippen molar-refractivity contribution in [1.29, 1.82) is 0 Å². The first-order valence-corrected chi connectivity index (χ1v) is 5.33. The molecule has 72 valence electrons. The van der Waals surface area contributed by atoms with Crippen molar-refractivity contribution in [2.24, 2.45) is 0 Å². The molecule has 0 saturated heterocycles. The van der Waals surface area contributed by atoms with Gasteiger partial charge in [0.1, 0.15) is 5.82 Å². The molecule has 0 N–H and O–H groups in total. The number of hydrogen-bond donors (Lipinski definition) is 0. The maximum Gasteiger partial charge on any atom is 0.224 e. The van der Waals surface area contributed by atoms with Gasteiger partial charge in [-0.2, -0.15) is 4.98 Å². The van der Waals surface area contributed by atoms with Crippen LogP contribution in [0.4, 0.5) is 0 Å². The van der Waals surface area contributed by atoms with Crippen LogP contribution in [0.15, 0.2) is 24.3 Å². The number of ether oxygens (including phenoxy) is 1. The molecule has 0 atom stereocenters. The predicted octanol–water partition coefficient (Wildman–Crippen LogP) is 2.53. The standard InChI is InChI=1S/C10H9BrN2O/c1-14-10-7-4-2-3-5-8(7)12-9(6-11)13-10/h2-5H,6H2,1H3. The molecule has 4 heteroatoms. The van der Waals surface area contributed by atoms with E-state index in [4.69, 9.17) is 4.74 Å². The van der Waals surface area contributed by atoms with Crippen molar-refractivity contribution < 1.29 is 4.74 Å². The average molecular weight is 253 g/mol. The third-order valence-corrected chi connectivity index (χ3v) is 2.43. The van der Waals surface area contributed by atoms with Crippen LogP contribution in [0.3, 0.4) is 0 Å². The maximum atomic E-state index is 5.20. The Kier molecular flexibility index (Phi) is 2.63. The van der Waals surface area contributed by atoms with Gasteiger partial charge in [0, 0.05) is 0 Å². The van der Waals surface area contributed by atoms with Crippen molar-refractivity contribution in [2.75, 3.05) is 7.11 Å². The minimum absolute atomic E-state index is 0.630. The van der Waals surface area contributed by atoms with Gasteiger partial charge in [-0.1, -0.05) is 28.1 Å². The Morgan fingerprint density at radius 2 is 2.07 bits per heavy atom. The number of halogens is 1. The molecule has 2 rings (SSSR count). The number of hydrogen-bond acceptors (Lipinski definition) is 3. The topological polar surface area (TPSA) is 35.0 Å². The highest BCUT2D eigenvalue weighted by Gasteiger charge is 2.05. The molecule has 0 fully saturated rings. The highest BCUT2D eigenvalue weighted by molar-refractivity contribution is 9.08. The van der Waals surface area contributed by atoms with E-state index >= 15 is 0 Å². The Morgan fingerprint density at radius 1 is 1.29 bits per heavy atom. The summed E-state index contributed by atoms with van der Waals surface area (Å²) in [4.78, 5) is 8.62. The fraction of sp³-hybridized carbons (Fsp3) is 0.200. The summed E-state index contributed by atoms with van der Waals surface area (Å²) in [5.41, 5.74) is 0.911. The highest BCUT2D eigenvalue weighted by Crippen LogP contribution is 2.22. The molecule has 0 radical (unpaired) electrons. The number of rotatable bonds is 2. The van der Waals surface area contributed by atoms with Gasteiger partial charge in [-0.3, -0.25) is 0 Å². The minimum atomic E-state index is 0.630. The average Bonchev–Trinajstić information content (AvgIpc) is 2.27. The predicted molar refractivity (Wildman–Crippen MR) is 58.7 cm³/mol. The number of fused-ring (bicyclic) bond motifs is 1. The van der Waals surface area contributed by atoms with E-state index < -0.39 is 0 Å². The van der Waals surface area contributed by atoms with E-state index in [0.717, 1.165) is 16.7 Å². The lowest BCUT2D eigenvalue weighted by molar-refractivity contribution is 0.401. The molecule has 1 aromatic carbocycles. The smallest absolute Gasteiger partial charge is 0.224 e. The summed E-state index contributed by atoms with van der Waals surface area (Å²) in [5.74, 6) is 1.37. The lowest BCUT2D eigenvalue weighted by Gasteiger charge is -2.05. The zero-order valence-electron chi connectivity index (χ0n) is 7.70. The summed E-state index contributed by atoms with van der Waals surface area (Å²) in [6.07, 6.45) is 0. The number of para-hydroxylation sites is 1. The lowest BCUT2D eigenvalue weighted by atomic mass is 10.2. The molecule has 0 bridgehead atoms. The maximum absolute atomic E-state index is 5.20. The number of benzene rings is 1.